The molecule has 1 atom stereocenters. The molecule has 0 aliphatic carbocycles. The van der Waals surface area contributed by atoms with E-state index in [2.05, 4.69) is 9.71 Å². The SMILES string of the molecule is Cc1ccc(C(C)NS(=O)(=O)c2scnc2C(=O)O)cc1. The third kappa shape index (κ3) is 3.46. The van der Waals surface area contributed by atoms with Crippen LogP contribution >= 0.6 is 11.3 Å². The lowest BCUT2D eigenvalue weighted by molar-refractivity contribution is 0.0687. The normalized spacial score (nSPS) is 13.0. The van der Waals surface area contributed by atoms with E-state index in [1.54, 1.807) is 6.92 Å². The van der Waals surface area contributed by atoms with Gasteiger partial charge in [0.2, 0.25) is 0 Å². The first kappa shape index (κ1) is 15.6. The first-order chi connectivity index (χ1) is 9.81. The molecule has 1 unspecified atom stereocenters. The average Bonchev–Trinajstić information content (AvgIpc) is 2.89. The van der Waals surface area contributed by atoms with Gasteiger partial charge in [0.25, 0.3) is 10.0 Å². The lowest BCUT2D eigenvalue weighted by atomic mass is 10.1. The topological polar surface area (TPSA) is 96.4 Å². The number of sulfonamides is 1. The minimum Gasteiger partial charge on any atom is -0.476 e. The van der Waals surface area contributed by atoms with Gasteiger partial charge in [-0.15, -0.1) is 11.3 Å². The number of nitrogens with one attached hydrogen (secondary N) is 1. The van der Waals surface area contributed by atoms with Crippen molar-refractivity contribution in [1.82, 2.24) is 9.71 Å². The van der Waals surface area contributed by atoms with E-state index in [4.69, 9.17) is 5.11 Å². The highest BCUT2D eigenvalue weighted by Gasteiger charge is 2.27. The minimum atomic E-state index is -3.92. The standard InChI is InChI=1S/C13H14N2O4S2/c1-8-3-5-10(6-4-8)9(2)15-21(18,19)13-11(12(16)17)14-7-20-13/h3-7,9,15H,1-2H3,(H,16,17). The first-order valence-electron chi connectivity index (χ1n) is 6.07. The van der Waals surface area contributed by atoms with E-state index in [1.807, 2.05) is 31.2 Å². The Morgan fingerprint density at radius 3 is 2.52 bits per heavy atom. The molecule has 1 heterocycles. The minimum absolute atomic E-state index is 0.283. The van der Waals surface area contributed by atoms with Gasteiger partial charge < -0.3 is 5.11 Å². The number of carbonyl (C=O) groups is 1. The van der Waals surface area contributed by atoms with Crippen LogP contribution in [0, 0.1) is 6.92 Å². The second-order valence-electron chi connectivity index (χ2n) is 4.55. The van der Waals surface area contributed by atoms with E-state index in [0.29, 0.717) is 0 Å². The number of carboxylic acids is 1. The van der Waals surface area contributed by atoms with Crippen LogP contribution in [0.1, 0.15) is 34.6 Å². The molecule has 0 aliphatic rings. The van der Waals surface area contributed by atoms with Crippen LogP contribution in [0.25, 0.3) is 0 Å². The molecule has 0 fully saturated rings. The van der Waals surface area contributed by atoms with Gasteiger partial charge in [-0.05, 0) is 19.4 Å². The number of hydrogen-bond donors (Lipinski definition) is 2. The predicted octanol–water partition coefficient (Wildman–Crippen LogP) is 2.19. The molecule has 2 N–H and O–H groups in total. The molecule has 0 aliphatic heterocycles. The summed E-state index contributed by atoms with van der Waals surface area (Å²) < 4.78 is 26.7. The number of aryl methyl sites for hydroxylation is 1. The van der Waals surface area contributed by atoms with E-state index in [9.17, 15) is 13.2 Å². The number of nitrogens with zero attached hydrogens (tertiary/aromatic N) is 1. The van der Waals surface area contributed by atoms with Gasteiger partial charge in [-0.25, -0.2) is 22.9 Å². The molecule has 2 rings (SSSR count). The van der Waals surface area contributed by atoms with Crippen molar-refractivity contribution in [3.8, 4) is 0 Å². The van der Waals surface area contributed by atoms with Crippen LogP contribution < -0.4 is 4.72 Å². The van der Waals surface area contributed by atoms with E-state index in [-0.39, 0.29) is 4.21 Å². The summed E-state index contributed by atoms with van der Waals surface area (Å²) in [5.41, 5.74) is 2.62. The Morgan fingerprint density at radius 2 is 1.95 bits per heavy atom. The van der Waals surface area contributed by atoms with Crippen LogP contribution in [0.3, 0.4) is 0 Å². The number of benzene rings is 1. The fraction of sp³-hybridized carbons (Fsp3) is 0.231. The van der Waals surface area contributed by atoms with Crippen molar-refractivity contribution in [1.29, 1.82) is 0 Å². The predicted molar refractivity (Wildman–Crippen MR) is 79.0 cm³/mol. The Bertz CT molecular complexity index is 751. The van der Waals surface area contributed by atoms with Crippen LogP contribution in [-0.2, 0) is 10.0 Å². The third-order valence-corrected chi connectivity index (χ3v) is 5.80. The number of rotatable bonds is 5. The van der Waals surface area contributed by atoms with Crippen molar-refractivity contribution < 1.29 is 18.3 Å². The number of aromatic carboxylic acids is 1. The summed E-state index contributed by atoms with van der Waals surface area (Å²) in [6, 6.07) is 6.95. The number of thiazole rings is 1. The van der Waals surface area contributed by atoms with E-state index >= 15 is 0 Å². The Labute approximate surface area is 126 Å². The monoisotopic (exact) mass is 326 g/mol. The van der Waals surface area contributed by atoms with E-state index in [1.165, 1.54) is 5.51 Å². The zero-order valence-corrected chi connectivity index (χ0v) is 13.0. The zero-order chi connectivity index (χ0) is 15.6. The zero-order valence-electron chi connectivity index (χ0n) is 11.4. The molecule has 0 saturated carbocycles. The molecular weight excluding hydrogens is 312 g/mol. The largest absolute Gasteiger partial charge is 0.476 e. The molecule has 0 saturated heterocycles. The summed E-state index contributed by atoms with van der Waals surface area (Å²) in [6.07, 6.45) is 0. The maximum atomic E-state index is 12.3. The molecular formula is C13H14N2O4S2. The Kier molecular flexibility index (Phi) is 4.40. The van der Waals surface area contributed by atoms with Crippen molar-refractivity contribution in [2.24, 2.45) is 0 Å². The first-order valence-corrected chi connectivity index (χ1v) is 8.43. The third-order valence-electron chi connectivity index (χ3n) is 2.89. The van der Waals surface area contributed by atoms with Gasteiger partial charge in [-0.3, -0.25) is 0 Å². The summed E-state index contributed by atoms with van der Waals surface area (Å²) in [5, 5.41) is 8.95. The maximum absolute atomic E-state index is 12.3. The molecule has 112 valence electrons. The number of aromatic nitrogens is 1. The molecule has 0 spiro atoms. The van der Waals surface area contributed by atoms with Crippen molar-refractivity contribution in [2.45, 2.75) is 24.1 Å². The van der Waals surface area contributed by atoms with E-state index < -0.39 is 27.7 Å². The van der Waals surface area contributed by atoms with Crippen molar-refractivity contribution >= 4 is 27.3 Å². The van der Waals surface area contributed by atoms with E-state index in [0.717, 1.165) is 22.5 Å². The second-order valence-corrected chi connectivity index (χ2v) is 7.31. The fourth-order valence-electron chi connectivity index (χ4n) is 1.78. The van der Waals surface area contributed by atoms with Crippen molar-refractivity contribution in [3.05, 3.63) is 46.6 Å². The summed E-state index contributed by atoms with van der Waals surface area (Å²) >= 11 is 0.782. The summed E-state index contributed by atoms with van der Waals surface area (Å²) in [6.45, 7) is 3.64. The van der Waals surface area contributed by atoms with Crippen LogP contribution in [-0.4, -0.2) is 24.5 Å². The van der Waals surface area contributed by atoms with Crippen molar-refractivity contribution in [3.63, 3.8) is 0 Å². The molecule has 8 heteroatoms. The molecule has 1 aromatic heterocycles. The van der Waals surface area contributed by atoms with Crippen LogP contribution in [0.4, 0.5) is 0 Å². The van der Waals surface area contributed by atoms with Crippen LogP contribution in [0.2, 0.25) is 0 Å². The lowest BCUT2D eigenvalue weighted by Crippen LogP contribution is -2.27. The summed E-state index contributed by atoms with van der Waals surface area (Å²) in [4.78, 5) is 14.5. The molecule has 0 amide bonds. The summed E-state index contributed by atoms with van der Waals surface area (Å²) in [7, 11) is -3.92. The molecule has 0 radical (unpaired) electrons. The Hall–Kier alpha value is -1.77. The highest BCUT2D eigenvalue weighted by Crippen LogP contribution is 2.23. The smallest absolute Gasteiger partial charge is 0.356 e. The second kappa shape index (κ2) is 5.92. The Morgan fingerprint density at radius 1 is 1.33 bits per heavy atom. The fourth-order valence-corrected chi connectivity index (χ4v) is 4.17. The lowest BCUT2D eigenvalue weighted by Gasteiger charge is -2.14. The summed E-state index contributed by atoms with van der Waals surface area (Å²) in [5.74, 6) is -1.36. The molecule has 2 aromatic rings. The molecule has 1 aromatic carbocycles. The maximum Gasteiger partial charge on any atom is 0.356 e. The van der Waals surface area contributed by atoms with Crippen molar-refractivity contribution in [2.75, 3.05) is 0 Å². The van der Waals surface area contributed by atoms with Crippen LogP contribution in [0.15, 0.2) is 34.0 Å². The molecule has 6 nitrogen and oxygen atoms in total. The number of carboxylic acid groups (broad SMARTS) is 1. The van der Waals surface area contributed by atoms with Gasteiger partial charge in [0.05, 0.1) is 5.51 Å². The molecule has 0 bridgehead atoms. The number of hydrogen-bond acceptors (Lipinski definition) is 5. The molecule has 21 heavy (non-hydrogen) atoms. The quantitative estimate of drug-likeness (QED) is 0.878. The van der Waals surface area contributed by atoms with Gasteiger partial charge in [-0.1, -0.05) is 29.8 Å². The highest BCUT2D eigenvalue weighted by molar-refractivity contribution is 7.91. The van der Waals surface area contributed by atoms with Gasteiger partial charge >= 0.3 is 5.97 Å². The van der Waals surface area contributed by atoms with Gasteiger partial charge in [-0.2, -0.15) is 0 Å². The average molecular weight is 326 g/mol. The highest BCUT2D eigenvalue weighted by atomic mass is 32.2. The Balaban J connectivity index is 2.27. The van der Waals surface area contributed by atoms with Gasteiger partial charge in [0, 0.05) is 6.04 Å². The van der Waals surface area contributed by atoms with Gasteiger partial charge in [0.15, 0.2) is 9.90 Å². The van der Waals surface area contributed by atoms with Gasteiger partial charge in [0.1, 0.15) is 0 Å². The van der Waals surface area contributed by atoms with Crippen LogP contribution in [0.5, 0.6) is 0 Å².